The SMILES string of the molecule is N#Cc1ccccc1NC(=O)COC(=O)c1ccc(Cl)cc1[N+](=O)[O-]. The minimum absolute atomic E-state index is 0.0918. The van der Waals surface area contributed by atoms with Crippen molar-refractivity contribution in [3.05, 3.63) is 68.7 Å². The molecule has 0 heterocycles. The fraction of sp³-hybridized carbons (Fsp3) is 0.0625. The topological polar surface area (TPSA) is 122 Å². The first kappa shape index (κ1) is 17.9. The third kappa shape index (κ3) is 4.53. The molecule has 0 aliphatic rings. The summed E-state index contributed by atoms with van der Waals surface area (Å²) in [5, 5.41) is 22.4. The van der Waals surface area contributed by atoms with Crippen LogP contribution < -0.4 is 5.32 Å². The van der Waals surface area contributed by atoms with E-state index < -0.39 is 29.1 Å². The molecule has 8 nitrogen and oxygen atoms in total. The van der Waals surface area contributed by atoms with Crippen LogP contribution in [0.15, 0.2) is 42.5 Å². The zero-order chi connectivity index (χ0) is 18.4. The van der Waals surface area contributed by atoms with E-state index in [2.05, 4.69) is 5.32 Å². The summed E-state index contributed by atoms with van der Waals surface area (Å²) in [5.41, 5.74) is -0.327. The van der Waals surface area contributed by atoms with Gasteiger partial charge in [0, 0.05) is 11.1 Å². The van der Waals surface area contributed by atoms with Crippen molar-refractivity contribution >= 4 is 34.9 Å². The largest absolute Gasteiger partial charge is 0.452 e. The van der Waals surface area contributed by atoms with Gasteiger partial charge in [-0.3, -0.25) is 14.9 Å². The number of hydrogen-bond acceptors (Lipinski definition) is 6. The number of para-hydroxylation sites is 1. The van der Waals surface area contributed by atoms with Gasteiger partial charge in [-0.05, 0) is 24.3 Å². The van der Waals surface area contributed by atoms with Gasteiger partial charge >= 0.3 is 5.97 Å². The van der Waals surface area contributed by atoms with Gasteiger partial charge in [0.25, 0.3) is 11.6 Å². The molecule has 0 aromatic heterocycles. The maximum absolute atomic E-state index is 12.0. The van der Waals surface area contributed by atoms with Gasteiger partial charge < -0.3 is 10.1 Å². The lowest BCUT2D eigenvalue weighted by atomic mass is 10.2. The van der Waals surface area contributed by atoms with Crippen LogP contribution >= 0.6 is 11.6 Å². The molecule has 0 bridgehead atoms. The maximum Gasteiger partial charge on any atom is 0.345 e. The van der Waals surface area contributed by atoms with E-state index in [0.717, 1.165) is 12.1 Å². The first-order valence-electron chi connectivity index (χ1n) is 6.82. The minimum atomic E-state index is -1.04. The summed E-state index contributed by atoms with van der Waals surface area (Å²) in [4.78, 5) is 34.0. The number of esters is 1. The number of anilines is 1. The lowest BCUT2D eigenvalue weighted by molar-refractivity contribution is -0.385. The van der Waals surface area contributed by atoms with Crippen LogP contribution in [-0.4, -0.2) is 23.4 Å². The molecule has 0 atom stereocenters. The second kappa shape index (κ2) is 7.90. The third-order valence-corrected chi connectivity index (χ3v) is 3.27. The summed E-state index contributed by atoms with van der Waals surface area (Å²) in [5.74, 6) is -1.72. The number of nitro benzene ring substituents is 1. The van der Waals surface area contributed by atoms with Gasteiger partial charge in [0.05, 0.1) is 16.2 Å². The van der Waals surface area contributed by atoms with Crippen LogP contribution in [0.4, 0.5) is 11.4 Å². The molecule has 0 unspecified atom stereocenters. The molecule has 2 aromatic carbocycles. The number of hydrogen-bond donors (Lipinski definition) is 1. The highest BCUT2D eigenvalue weighted by Gasteiger charge is 2.22. The molecule has 25 heavy (non-hydrogen) atoms. The van der Waals surface area contributed by atoms with Gasteiger partial charge in [0.2, 0.25) is 0 Å². The molecule has 0 aliphatic heterocycles. The Bertz CT molecular complexity index is 892. The second-order valence-electron chi connectivity index (χ2n) is 4.70. The highest BCUT2D eigenvalue weighted by atomic mass is 35.5. The van der Waals surface area contributed by atoms with Crippen molar-refractivity contribution in [2.75, 3.05) is 11.9 Å². The summed E-state index contributed by atoms with van der Waals surface area (Å²) < 4.78 is 4.78. The van der Waals surface area contributed by atoms with Crippen molar-refractivity contribution in [3.63, 3.8) is 0 Å². The Morgan fingerprint density at radius 1 is 1.28 bits per heavy atom. The zero-order valence-electron chi connectivity index (χ0n) is 12.6. The summed E-state index contributed by atoms with van der Waals surface area (Å²) in [6.07, 6.45) is 0. The Morgan fingerprint density at radius 2 is 2.00 bits per heavy atom. The number of nitro groups is 1. The maximum atomic E-state index is 12.0. The summed E-state index contributed by atoms with van der Waals surface area (Å²) in [6.45, 7) is -0.668. The Morgan fingerprint density at radius 3 is 2.68 bits per heavy atom. The van der Waals surface area contributed by atoms with Gasteiger partial charge in [0.1, 0.15) is 11.6 Å². The first-order valence-corrected chi connectivity index (χ1v) is 7.20. The van der Waals surface area contributed by atoms with E-state index in [0.29, 0.717) is 0 Å². The smallest absolute Gasteiger partial charge is 0.345 e. The van der Waals surface area contributed by atoms with Crippen LogP contribution in [0, 0.1) is 21.4 Å². The molecule has 0 spiro atoms. The normalized spacial score (nSPS) is 9.76. The van der Waals surface area contributed by atoms with Gasteiger partial charge in [-0.25, -0.2) is 4.79 Å². The number of carbonyl (C=O) groups is 2. The highest BCUT2D eigenvalue weighted by molar-refractivity contribution is 6.31. The number of halogens is 1. The summed E-state index contributed by atoms with van der Waals surface area (Å²) in [6, 6.07) is 11.7. The van der Waals surface area contributed by atoms with Gasteiger partial charge in [-0.1, -0.05) is 23.7 Å². The lowest BCUT2D eigenvalue weighted by Gasteiger charge is -2.08. The molecule has 0 aliphatic carbocycles. The van der Waals surface area contributed by atoms with Crippen LogP contribution in [0.2, 0.25) is 5.02 Å². The molecule has 1 N–H and O–H groups in total. The minimum Gasteiger partial charge on any atom is -0.452 e. The van der Waals surface area contributed by atoms with Crippen LogP contribution in [0.3, 0.4) is 0 Å². The van der Waals surface area contributed by atoms with E-state index >= 15 is 0 Å². The van der Waals surface area contributed by atoms with Crippen molar-refractivity contribution in [1.82, 2.24) is 0 Å². The van der Waals surface area contributed by atoms with Crippen molar-refractivity contribution in [3.8, 4) is 6.07 Å². The van der Waals surface area contributed by atoms with E-state index in [1.165, 1.54) is 18.2 Å². The predicted octanol–water partition coefficient (Wildman–Crippen LogP) is 2.92. The van der Waals surface area contributed by atoms with E-state index in [1.807, 2.05) is 6.07 Å². The number of benzene rings is 2. The standard InChI is InChI=1S/C16H10ClN3O5/c17-11-5-6-12(14(7-11)20(23)24)16(22)25-9-15(21)19-13-4-2-1-3-10(13)8-18/h1-7H,9H2,(H,19,21). The number of carbonyl (C=O) groups excluding carboxylic acids is 2. The van der Waals surface area contributed by atoms with Gasteiger partial charge in [0.15, 0.2) is 6.61 Å². The molecule has 2 rings (SSSR count). The number of nitrogens with one attached hydrogen (secondary N) is 1. The lowest BCUT2D eigenvalue weighted by Crippen LogP contribution is -2.21. The number of amides is 1. The Hall–Kier alpha value is -3.44. The molecular weight excluding hydrogens is 350 g/mol. The monoisotopic (exact) mass is 359 g/mol. The molecular formula is C16H10ClN3O5. The number of ether oxygens (including phenoxy) is 1. The van der Waals surface area contributed by atoms with Crippen LogP contribution in [0.25, 0.3) is 0 Å². The fourth-order valence-corrected chi connectivity index (χ4v) is 2.08. The Kier molecular flexibility index (Phi) is 5.66. The van der Waals surface area contributed by atoms with Gasteiger partial charge in [-0.15, -0.1) is 0 Å². The van der Waals surface area contributed by atoms with Crippen LogP contribution in [-0.2, 0) is 9.53 Å². The number of rotatable bonds is 5. The molecule has 0 radical (unpaired) electrons. The van der Waals surface area contributed by atoms with Gasteiger partial charge in [-0.2, -0.15) is 5.26 Å². The first-order chi connectivity index (χ1) is 11.9. The molecule has 0 saturated heterocycles. The summed E-state index contributed by atoms with van der Waals surface area (Å²) >= 11 is 5.66. The van der Waals surface area contributed by atoms with Crippen LogP contribution in [0.5, 0.6) is 0 Å². The summed E-state index contributed by atoms with van der Waals surface area (Å²) in [7, 11) is 0. The van der Waals surface area contributed by atoms with Crippen LogP contribution in [0.1, 0.15) is 15.9 Å². The second-order valence-corrected chi connectivity index (χ2v) is 5.14. The average Bonchev–Trinajstić information content (AvgIpc) is 2.60. The van der Waals surface area contributed by atoms with E-state index in [9.17, 15) is 19.7 Å². The molecule has 9 heteroatoms. The van der Waals surface area contributed by atoms with Crippen molar-refractivity contribution in [1.29, 1.82) is 5.26 Å². The highest BCUT2D eigenvalue weighted by Crippen LogP contribution is 2.24. The molecule has 0 fully saturated rings. The Labute approximate surface area is 146 Å². The average molecular weight is 360 g/mol. The zero-order valence-corrected chi connectivity index (χ0v) is 13.3. The van der Waals surface area contributed by atoms with Crippen molar-refractivity contribution in [2.24, 2.45) is 0 Å². The molecule has 126 valence electrons. The predicted molar refractivity (Wildman–Crippen MR) is 88.2 cm³/mol. The molecule has 2 aromatic rings. The van der Waals surface area contributed by atoms with Crippen molar-refractivity contribution < 1.29 is 19.2 Å². The fourth-order valence-electron chi connectivity index (χ4n) is 1.91. The number of nitrogens with zero attached hydrogens (tertiary/aromatic N) is 2. The van der Waals surface area contributed by atoms with E-state index in [4.69, 9.17) is 21.6 Å². The quantitative estimate of drug-likeness (QED) is 0.497. The van der Waals surface area contributed by atoms with E-state index in [-0.39, 0.29) is 21.8 Å². The van der Waals surface area contributed by atoms with E-state index in [1.54, 1.807) is 12.1 Å². The Balaban J connectivity index is 2.04. The molecule has 0 saturated carbocycles. The van der Waals surface area contributed by atoms with Crippen molar-refractivity contribution in [2.45, 2.75) is 0 Å². The number of nitriles is 1. The third-order valence-electron chi connectivity index (χ3n) is 3.03. The molecule has 1 amide bonds.